The molecule has 0 bridgehead atoms. The molecule has 0 saturated heterocycles. The van der Waals surface area contributed by atoms with Gasteiger partial charge in [0.05, 0.1) is 6.10 Å². The van der Waals surface area contributed by atoms with E-state index in [9.17, 15) is 10.2 Å². The first-order chi connectivity index (χ1) is 17.1. The first-order valence-corrected chi connectivity index (χ1v) is 15.6. The van der Waals surface area contributed by atoms with Gasteiger partial charge in [0, 0.05) is 0 Å². The lowest BCUT2D eigenvalue weighted by molar-refractivity contribution is -0.152. The molecule has 0 aliphatic heterocycles. The van der Waals surface area contributed by atoms with Gasteiger partial charge in [0.15, 0.2) is 0 Å². The highest BCUT2D eigenvalue weighted by Gasteiger charge is 2.61. The summed E-state index contributed by atoms with van der Waals surface area (Å²) in [7, 11) is 0. The summed E-state index contributed by atoms with van der Waals surface area (Å²) in [5, 5.41) is 20.9. The number of hydrogen-bond donors (Lipinski definition) is 2. The van der Waals surface area contributed by atoms with Gasteiger partial charge in [-0.1, -0.05) is 66.0 Å². The zero-order chi connectivity index (χ0) is 25.7. The van der Waals surface area contributed by atoms with Gasteiger partial charge >= 0.3 is 0 Å². The summed E-state index contributed by atoms with van der Waals surface area (Å²) in [6, 6.07) is 7.74. The molecule has 2 nitrogen and oxygen atoms in total. The van der Waals surface area contributed by atoms with Crippen molar-refractivity contribution in [3.05, 3.63) is 29.8 Å². The summed E-state index contributed by atoms with van der Waals surface area (Å²) >= 11 is 0. The lowest BCUT2D eigenvalue weighted by atomic mass is 9.42. The number of phenolic OH excluding ortho intramolecular Hbond substituents is 1. The molecular formula is C34H54O2. The van der Waals surface area contributed by atoms with Crippen LogP contribution in [-0.2, 0) is 6.42 Å². The van der Waals surface area contributed by atoms with Gasteiger partial charge in [0.2, 0.25) is 0 Å². The van der Waals surface area contributed by atoms with E-state index >= 15 is 0 Å². The number of aromatic hydroxyl groups is 1. The Hall–Kier alpha value is -1.02. The molecule has 2 N–H and O–H groups in total. The first-order valence-electron chi connectivity index (χ1n) is 15.6. The maximum Gasteiger partial charge on any atom is 0.115 e. The van der Waals surface area contributed by atoms with Crippen LogP contribution in [0.2, 0.25) is 0 Å². The van der Waals surface area contributed by atoms with Crippen LogP contribution in [0.5, 0.6) is 5.75 Å². The lowest BCUT2D eigenvalue weighted by Crippen LogP contribution is -2.57. The van der Waals surface area contributed by atoms with Crippen molar-refractivity contribution in [2.45, 2.75) is 118 Å². The summed E-state index contributed by atoms with van der Waals surface area (Å²) in [5.41, 5.74) is 2.21. The van der Waals surface area contributed by atoms with Crippen LogP contribution in [-0.4, -0.2) is 16.3 Å². The second kappa shape index (κ2) is 10.3. The van der Waals surface area contributed by atoms with E-state index in [4.69, 9.17) is 0 Å². The van der Waals surface area contributed by atoms with Gasteiger partial charge in [0.25, 0.3) is 0 Å². The summed E-state index contributed by atoms with van der Waals surface area (Å²) in [5.74, 6) is 6.64. The molecule has 4 saturated carbocycles. The minimum absolute atomic E-state index is 0.176. The minimum atomic E-state index is -0.176. The highest BCUT2D eigenvalue weighted by atomic mass is 16.3. The monoisotopic (exact) mass is 494 g/mol. The third kappa shape index (κ3) is 4.67. The van der Waals surface area contributed by atoms with Crippen molar-refractivity contribution < 1.29 is 10.2 Å². The third-order valence-corrected chi connectivity index (χ3v) is 12.5. The first kappa shape index (κ1) is 26.6. The van der Waals surface area contributed by atoms with Crippen molar-refractivity contribution in [2.75, 3.05) is 0 Å². The normalized spacial score (nSPS) is 43.0. The standard InChI is InChI=1S/C34H54O2/c1-22(2)7-6-8-23(3)28-15-16-29-26-13-14-30-27(21-24-9-11-25(35)12-10-24)32(36)18-20-34(30,5)31(26)17-19-33(28,29)4/h9-12,22-23,26-32,35-36H,6-8,13-21H2,1-5H3/t23-,26?,27+,28-,29?,30?,31?,32-,33-,34+/m1/s1. The number of fused-ring (bicyclic) bond motifs is 5. The Balaban J connectivity index is 1.31. The topological polar surface area (TPSA) is 40.5 Å². The van der Waals surface area contributed by atoms with E-state index < -0.39 is 0 Å². The van der Waals surface area contributed by atoms with Crippen LogP contribution in [0.4, 0.5) is 0 Å². The van der Waals surface area contributed by atoms with E-state index in [2.05, 4.69) is 46.8 Å². The van der Waals surface area contributed by atoms with Gasteiger partial charge < -0.3 is 10.2 Å². The molecule has 0 radical (unpaired) electrons. The maximum absolute atomic E-state index is 11.2. The van der Waals surface area contributed by atoms with E-state index in [1.54, 1.807) is 0 Å². The Morgan fingerprint density at radius 3 is 2.19 bits per heavy atom. The summed E-state index contributed by atoms with van der Waals surface area (Å²) in [4.78, 5) is 0. The van der Waals surface area contributed by atoms with Gasteiger partial charge in [-0.3, -0.25) is 0 Å². The highest BCUT2D eigenvalue weighted by molar-refractivity contribution is 5.26. The Labute approximate surface area is 221 Å². The van der Waals surface area contributed by atoms with Crippen LogP contribution in [0, 0.1) is 58.2 Å². The summed E-state index contributed by atoms with van der Waals surface area (Å²) in [6.07, 6.45) is 15.7. The zero-order valence-corrected chi connectivity index (χ0v) is 23.9. The fourth-order valence-electron chi connectivity index (χ4n) is 10.7. The third-order valence-electron chi connectivity index (χ3n) is 12.5. The molecule has 0 aromatic heterocycles. The molecule has 4 aliphatic carbocycles. The molecule has 4 fully saturated rings. The van der Waals surface area contributed by atoms with Crippen LogP contribution < -0.4 is 0 Å². The van der Waals surface area contributed by atoms with E-state index in [-0.39, 0.29) is 6.10 Å². The SMILES string of the molecule is CC(C)CCC[C@@H](C)[C@H]1CCC2C3CCC4[C@H](Cc5ccc(O)cc5)[C@H](O)CC[C@]4(C)C3CC[C@@]21C. The number of aliphatic hydroxyl groups is 1. The second-order valence-corrected chi connectivity index (χ2v) is 14.7. The van der Waals surface area contributed by atoms with E-state index in [0.717, 1.165) is 48.3 Å². The van der Waals surface area contributed by atoms with Crippen molar-refractivity contribution in [3.63, 3.8) is 0 Å². The van der Waals surface area contributed by atoms with Gasteiger partial charge in [-0.05, 0) is 134 Å². The van der Waals surface area contributed by atoms with Crippen LogP contribution in [0.25, 0.3) is 0 Å². The molecule has 36 heavy (non-hydrogen) atoms. The molecule has 4 unspecified atom stereocenters. The molecule has 10 atom stereocenters. The Morgan fingerprint density at radius 2 is 1.47 bits per heavy atom. The van der Waals surface area contributed by atoms with Crippen molar-refractivity contribution in [1.82, 2.24) is 0 Å². The predicted octanol–water partition coefficient (Wildman–Crippen LogP) is 8.64. The molecule has 0 heterocycles. The smallest absolute Gasteiger partial charge is 0.115 e. The lowest BCUT2D eigenvalue weighted by Gasteiger charge is -2.63. The maximum atomic E-state index is 11.2. The summed E-state index contributed by atoms with van der Waals surface area (Å²) < 4.78 is 0. The molecule has 5 rings (SSSR count). The quantitative estimate of drug-likeness (QED) is 0.398. The zero-order valence-electron chi connectivity index (χ0n) is 23.9. The molecular weight excluding hydrogens is 440 g/mol. The van der Waals surface area contributed by atoms with Crippen LogP contribution in [0.3, 0.4) is 0 Å². The molecule has 0 amide bonds. The van der Waals surface area contributed by atoms with Crippen molar-refractivity contribution in [3.8, 4) is 5.75 Å². The van der Waals surface area contributed by atoms with Crippen molar-refractivity contribution in [1.29, 1.82) is 0 Å². The van der Waals surface area contributed by atoms with Crippen LogP contribution in [0.15, 0.2) is 24.3 Å². The van der Waals surface area contributed by atoms with E-state index in [1.807, 2.05) is 12.1 Å². The Bertz CT molecular complexity index is 876. The number of rotatable bonds is 7. The second-order valence-electron chi connectivity index (χ2n) is 14.7. The predicted molar refractivity (Wildman–Crippen MR) is 150 cm³/mol. The Kier molecular flexibility index (Phi) is 7.59. The van der Waals surface area contributed by atoms with Crippen LogP contribution >= 0.6 is 0 Å². The average Bonchev–Trinajstić information content (AvgIpc) is 3.19. The van der Waals surface area contributed by atoms with Gasteiger partial charge in [-0.15, -0.1) is 0 Å². The summed E-state index contributed by atoms with van der Waals surface area (Å²) in [6.45, 7) is 12.7. The number of aliphatic hydroxyl groups excluding tert-OH is 1. The van der Waals surface area contributed by atoms with Gasteiger partial charge in [0.1, 0.15) is 5.75 Å². The molecule has 2 heteroatoms. The molecule has 4 aliphatic rings. The Morgan fingerprint density at radius 1 is 0.806 bits per heavy atom. The van der Waals surface area contributed by atoms with Crippen molar-refractivity contribution >= 4 is 0 Å². The van der Waals surface area contributed by atoms with Crippen molar-refractivity contribution in [2.24, 2.45) is 58.2 Å². The van der Waals surface area contributed by atoms with Gasteiger partial charge in [-0.25, -0.2) is 0 Å². The molecule has 0 spiro atoms. The molecule has 1 aromatic rings. The van der Waals surface area contributed by atoms with E-state index in [1.165, 1.54) is 69.8 Å². The highest BCUT2D eigenvalue weighted by Crippen LogP contribution is 2.69. The number of benzene rings is 1. The fourth-order valence-corrected chi connectivity index (χ4v) is 10.7. The largest absolute Gasteiger partial charge is 0.508 e. The molecule has 1 aromatic carbocycles. The molecule has 202 valence electrons. The van der Waals surface area contributed by atoms with E-state index in [0.29, 0.717) is 28.4 Å². The minimum Gasteiger partial charge on any atom is -0.508 e. The van der Waals surface area contributed by atoms with Gasteiger partial charge in [-0.2, -0.15) is 0 Å². The average molecular weight is 495 g/mol. The fraction of sp³-hybridized carbons (Fsp3) is 0.824. The number of hydrogen-bond acceptors (Lipinski definition) is 2. The number of phenols is 1. The van der Waals surface area contributed by atoms with Crippen LogP contribution in [0.1, 0.15) is 111 Å².